The van der Waals surface area contributed by atoms with Gasteiger partial charge in [-0.3, -0.25) is 4.79 Å². The van der Waals surface area contributed by atoms with Crippen molar-refractivity contribution in [1.82, 2.24) is 10.3 Å². The van der Waals surface area contributed by atoms with Crippen molar-refractivity contribution in [3.8, 4) is 17.2 Å². The number of hydrogen-bond acceptors (Lipinski definition) is 5. The van der Waals surface area contributed by atoms with Crippen molar-refractivity contribution >= 4 is 11.7 Å². The molecule has 0 radical (unpaired) electrons. The third kappa shape index (κ3) is 4.98. The predicted molar refractivity (Wildman–Crippen MR) is 104 cm³/mol. The molecule has 0 fully saturated rings. The Morgan fingerprint density at radius 2 is 1.81 bits per heavy atom. The van der Waals surface area contributed by atoms with Gasteiger partial charge in [-0.2, -0.15) is 0 Å². The largest absolute Gasteiger partial charge is 0.494 e. The lowest BCUT2D eigenvalue weighted by atomic mass is 10.2. The van der Waals surface area contributed by atoms with E-state index in [9.17, 15) is 4.79 Å². The van der Waals surface area contributed by atoms with Gasteiger partial charge in [-0.25, -0.2) is 4.98 Å². The fraction of sp³-hybridized carbons (Fsp3) is 0.143. The molecule has 0 saturated heterocycles. The van der Waals surface area contributed by atoms with Crippen LogP contribution in [0.5, 0.6) is 17.2 Å². The second kappa shape index (κ2) is 8.71. The summed E-state index contributed by atoms with van der Waals surface area (Å²) in [4.78, 5) is 16.1. The number of nitrogen functional groups attached to an aromatic ring is 1. The monoisotopic (exact) mass is 363 g/mol. The lowest BCUT2D eigenvalue weighted by molar-refractivity contribution is 0.0951. The van der Waals surface area contributed by atoms with Gasteiger partial charge in [0.15, 0.2) is 0 Å². The molecule has 0 spiro atoms. The summed E-state index contributed by atoms with van der Waals surface area (Å²) in [5.41, 5.74) is 7.03. The molecule has 1 heterocycles. The quantitative estimate of drug-likeness (QED) is 0.667. The maximum atomic E-state index is 12.2. The van der Waals surface area contributed by atoms with Gasteiger partial charge in [0.25, 0.3) is 5.91 Å². The first kappa shape index (κ1) is 18.3. The van der Waals surface area contributed by atoms with Crippen LogP contribution in [0.2, 0.25) is 0 Å². The number of rotatable bonds is 7. The molecule has 2 aromatic carbocycles. The number of nitrogens with zero attached hydrogens (tertiary/aromatic N) is 1. The van der Waals surface area contributed by atoms with Crippen LogP contribution in [0.25, 0.3) is 0 Å². The van der Waals surface area contributed by atoms with E-state index in [2.05, 4.69) is 10.3 Å². The van der Waals surface area contributed by atoms with Gasteiger partial charge in [0.1, 0.15) is 23.1 Å². The minimum atomic E-state index is -0.256. The number of nitrogens with two attached hydrogens (primary N) is 1. The highest BCUT2D eigenvalue weighted by Crippen LogP contribution is 2.25. The van der Waals surface area contributed by atoms with Crippen LogP contribution in [0, 0.1) is 0 Å². The summed E-state index contributed by atoms with van der Waals surface area (Å²) in [5.74, 6) is 2.13. The molecule has 6 heteroatoms. The van der Waals surface area contributed by atoms with Gasteiger partial charge in [-0.15, -0.1) is 0 Å². The van der Waals surface area contributed by atoms with Crippen LogP contribution in [0.15, 0.2) is 66.9 Å². The van der Waals surface area contributed by atoms with E-state index in [-0.39, 0.29) is 11.7 Å². The van der Waals surface area contributed by atoms with E-state index in [0.717, 1.165) is 11.3 Å². The summed E-state index contributed by atoms with van der Waals surface area (Å²) < 4.78 is 11.3. The lowest BCUT2D eigenvalue weighted by Gasteiger charge is -2.10. The van der Waals surface area contributed by atoms with Crippen molar-refractivity contribution in [2.45, 2.75) is 13.5 Å². The maximum Gasteiger partial charge on any atom is 0.255 e. The van der Waals surface area contributed by atoms with Gasteiger partial charge in [-0.1, -0.05) is 18.2 Å². The number of nitrogens with one attached hydrogen (secondary N) is 1. The Morgan fingerprint density at radius 1 is 1.04 bits per heavy atom. The SMILES string of the molecule is CCOc1cccc(Oc2ccc(CNC(=O)c3cccnc3N)cc2)c1. The molecule has 1 amide bonds. The third-order valence-electron chi connectivity index (χ3n) is 3.81. The number of carbonyl (C=O) groups excluding carboxylic acids is 1. The Morgan fingerprint density at radius 3 is 2.56 bits per heavy atom. The van der Waals surface area contributed by atoms with Crippen molar-refractivity contribution < 1.29 is 14.3 Å². The van der Waals surface area contributed by atoms with Crippen molar-refractivity contribution in [1.29, 1.82) is 0 Å². The summed E-state index contributed by atoms with van der Waals surface area (Å²) in [5, 5.41) is 2.83. The maximum absolute atomic E-state index is 12.2. The Bertz CT molecular complexity index is 911. The molecule has 0 aliphatic rings. The molecule has 3 aromatic rings. The number of aromatic nitrogens is 1. The smallest absolute Gasteiger partial charge is 0.255 e. The Labute approximate surface area is 158 Å². The van der Waals surface area contributed by atoms with Gasteiger partial charge in [0, 0.05) is 18.8 Å². The van der Waals surface area contributed by atoms with Crippen molar-refractivity contribution in [3.05, 3.63) is 78.0 Å². The molecule has 138 valence electrons. The molecule has 0 bridgehead atoms. The third-order valence-corrected chi connectivity index (χ3v) is 3.81. The van der Waals surface area contributed by atoms with E-state index in [4.69, 9.17) is 15.2 Å². The Hall–Kier alpha value is -3.54. The summed E-state index contributed by atoms with van der Waals surface area (Å²) in [6, 6.07) is 18.3. The normalized spacial score (nSPS) is 10.3. The standard InChI is InChI=1S/C21H21N3O3/c1-2-26-17-5-3-6-18(13-17)27-16-10-8-15(9-11-16)14-24-21(25)19-7-4-12-23-20(19)22/h3-13H,2,14H2,1H3,(H2,22,23)(H,24,25). The van der Waals surface area contributed by atoms with Gasteiger partial charge in [0.05, 0.1) is 12.2 Å². The summed E-state index contributed by atoms with van der Waals surface area (Å²) >= 11 is 0. The highest BCUT2D eigenvalue weighted by molar-refractivity contribution is 5.98. The molecule has 3 rings (SSSR count). The molecule has 3 N–H and O–H groups in total. The average molecular weight is 363 g/mol. The second-order valence-electron chi connectivity index (χ2n) is 5.77. The Balaban J connectivity index is 1.58. The molecule has 6 nitrogen and oxygen atoms in total. The van der Waals surface area contributed by atoms with Crippen LogP contribution in [0.4, 0.5) is 5.82 Å². The first-order valence-electron chi connectivity index (χ1n) is 8.64. The molecular formula is C21H21N3O3. The number of anilines is 1. The van der Waals surface area contributed by atoms with E-state index in [1.165, 1.54) is 0 Å². The lowest BCUT2D eigenvalue weighted by Crippen LogP contribution is -2.24. The number of amides is 1. The van der Waals surface area contributed by atoms with Gasteiger partial charge in [0.2, 0.25) is 0 Å². The molecule has 27 heavy (non-hydrogen) atoms. The zero-order chi connectivity index (χ0) is 19.1. The molecule has 0 saturated carbocycles. The molecule has 0 unspecified atom stereocenters. The molecule has 0 aliphatic heterocycles. The van der Waals surface area contributed by atoms with Gasteiger partial charge in [-0.05, 0) is 48.9 Å². The number of ether oxygens (including phenoxy) is 2. The first-order valence-corrected chi connectivity index (χ1v) is 8.64. The van der Waals surface area contributed by atoms with Crippen LogP contribution < -0.4 is 20.5 Å². The van der Waals surface area contributed by atoms with E-state index < -0.39 is 0 Å². The van der Waals surface area contributed by atoms with E-state index in [1.54, 1.807) is 18.3 Å². The average Bonchev–Trinajstić information content (AvgIpc) is 2.68. The van der Waals surface area contributed by atoms with Gasteiger partial charge >= 0.3 is 0 Å². The highest BCUT2D eigenvalue weighted by atomic mass is 16.5. The first-order chi connectivity index (χ1) is 13.2. The molecule has 1 aromatic heterocycles. The van der Waals surface area contributed by atoms with Crippen LogP contribution in [0.1, 0.15) is 22.8 Å². The summed E-state index contributed by atoms with van der Waals surface area (Å²) in [6.07, 6.45) is 1.55. The topological polar surface area (TPSA) is 86.5 Å². The zero-order valence-corrected chi connectivity index (χ0v) is 15.0. The second-order valence-corrected chi connectivity index (χ2v) is 5.77. The fourth-order valence-corrected chi connectivity index (χ4v) is 2.49. The molecule has 0 atom stereocenters. The minimum absolute atomic E-state index is 0.216. The van der Waals surface area contributed by atoms with Crippen molar-refractivity contribution in [2.75, 3.05) is 12.3 Å². The molecule has 0 aliphatic carbocycles. The van der Waals surface area contributed by atoms with Crippen LogP contribution in [0.3, 0.4) is 0 Å². The number of hydrogen-bond donors (Lipinski definition) is 2. The van der Waals surface area contributed by atoms with Gasteiger partial charge < -0.3 is 20.5 Å². The van der Waals surface area contributed by atoms with E-state index >= 15 is 0 Å². The van der Waals surface area contributed by atoms with Crippen LogP contribution in [-0.2, 0) is 6.54 Å². The summed E-state index contributed by atoms with van der Waals surface area (Å²) in [7, 11) is 0. The zero-order valence-electron chi connectivity index (χ0n) is 15.0. The predicted octanol–water partition coefficient (Wildman–Crippen LogP) is 3.78. The molecular weight excluding hydrogens is 342 g/mol. The number of pyridine rings is 1. The van der Waals surface area contributed by atoms with E-state index in [1.807, 2.05) is 55.5 Å². The fourth-order valence-electron chi connectivity index (χ4n) is 2.49. The Kier molecular flexibility index (Phi) is 5.89. The van der Waals surface area contributed by atoms with Crippen molar-refractivity contribution in [2.24, 2.45) is 0 Å². The minimum Gasteiger partial charge on any atom is -0.494 e. The number of benzene rings is 2. The van der Waals surface area contributed by atoms with E-state index in [0.29, 0.717) is 30.2 Å². The van der Waals surface area contributed by atoms with Crippen LogP contribution in [-0.4, -0.2) is 17.5 Å². The van der Waals surface area contributed by atoms with Crippen LogP contribution >= 0.6 is 0 Å². The number of carbonyl (C=O) groups is 1. The van der Waals surface area contributed by atoms with Crippen molar-refractivity contribution in [3.63, 3.8) is 0 Å². The highest BCUT2D eigenvalue weighted by Gasteiger charge is 2.09. The summed E-state index contributed by atoms with van der Waals surface area (Å²) in [6.45, 7) is 2.93.